The summed E-state index contributed by atoms with van der Waals surface area (Å²) in [6.07, 6.45) is 2.53. The summed E-state index contributed by atoms with van der Waals surface area (Å²) in [6.45, 7) is 3.11. The Morgan fingerprint density at radius 3 is 2.56 bits per heavy atom. The Morgan fingerprint density at radius 2 is 2.00 bits per heavy atom. The van der Waals surface area contributed by atoms with Crippen LogP contribution in [0.5, 0.6) is 5.75 Å². The molecule has 1 aliphatic rings. The fourth-order valence-electron chi connectivity index (χ4n) is 2.01. The molecule has 2 nitrogen and oxygen atoms in total. The zero-order valence-electron chi connectivity index (χ0n) is 9.41. The van der Waals surface area contributed by atoms with Crippen molar-refractivity contribution in [2.75, 3.05) is 20.2 Å². The second-order valence-electron chi connectivity index (χ2n) is 3.95. The number of likely N-dealkylation sites (tertiary alicyclic amines) is 1. The highest BCUT2D eigenvalue weighted by Gasteiger charge is 2.12. The smallest absolute Gasteiger partial charge is 0.165 e. The van der Waals surface area contributed by atoms with Gasteiger partial charge < -0.3 is 4.74 Å². The van der Waals surface area contributed by atoms with Gasteiger partial charge in [-0.1, -0.05) is 6.07 Å². The predicted octanol–water partition coefficient (Wildman–Crippen LogP) is 2.85. The van der Waals surface area contributed by atoms with E-state index in [1.54, 1.807) is 12.1 Å². The number of ether oxygens (including phenoxy) is 1. The van der Waals surface area contributed by atoms with E-state index in [0.29, 0.717) is 5.75 Å². The number of halogens is 2. The van der Waals surface area contributed by atoms with E-state index in [1.807, 2.05) is 6.07 Å². The van der Waals surface area contributed by atoms with Gasteiger partial charge in [0.25, 0.3) is 0 Å². The van der Waals surface area contributed by atoms with Crippen LogP contribution in [0.3, 0.4) is 0 Å². The average molecular weight is 246 g/mol. The van der Waals surface area contributed by atoms with Crippen molar-refractivity contribution in [2.24, 2.45) is 0 Å². The van der Waals surface area contributed by atoms with Crippen LogP contribution >= 0.6 is 12.4 Å². The first-order chi connectivity index (χ1) is 7.29. The summed E-state index contributed by atoms with van der Waals surface area (Å²) in [7, 11) is 1.48. The first-order valence-electron chi connectivity index (χ1n) is 5.34. The van der Waals surface area contributed by atoms with E-state index in [0.717, 1.165) is 25.2 Å². The van der Waals surface area contributed by atoms with Gasteiger partial charge in [-0.05, 0) is 43.6 Å². The van der Waals surface area contributed by atoms with Crippen LogP contribution in [0.25, 0.3) is 0 Å². The molecule has 1 aromatic carbocycles. The van der Waals surface area contributed by atoms with E-state index in [-0.39, 0.29) is 18.2 Å². The van der Waals surface area contributed by atoms with Crippen molar-refractivity contribution in [3.05, 3.63) is 29.6 Å². The van der Waals surface area contributed by atoms with Crippen LogP contribution in [-0.2, 0) is 6.54 Å². The van der Waals surface area contributed by atoms with Crippen LogP contribution in [0.4, 0.5) is 4.39 Å². The first-order valence-corrected chi connectivity index (χ1v) is 5.34. The maximum atomic E-state index is 13.4. The predicted molar refractivity (Wildman–Crippen MR) is 64.7 cm³/mol. The number of rotatable bonds is 3. The van der Waals surface area contributed by atoms with E-state index >= 15 is 0 Å². The largest absolute Gasteiger partial charge is 0.494 e. The SMILES string of the molecule is COc1ccc(CN2CCCC2)cc1F.Cl. The maximum absolute atomic E-state index is 13.4. The lowest BCUT2D eigenvalue weighted by Crippen LogP contribution is -2.18. The molecule has 0 N–H and O–H groups in total. The highest BCUT2D eigenvalue weighted by molar-refractivity contribution is 5.85. The molecule has 0 aliphatic carbocycles. The molecule has 1 aliphatic heterocycles. The monoisotopic (exact) mass is 245 g/mol. The van der Waals surface area contributed by atoms with E-state index in [4.69, 9.17) is 4.74 Å². The Kier molecular flexibility index (Phi) is 5.03. The minimum Gasteiger partial charge on any atom is -0.494 e. The van der Waals surface area contributed by atoms with Gasteiger partial charge in [-0.2, -0.15) is 0 Å². The summed E-state index contributed by atoms with van der Waals surface area (Å²) in [5.74, 6) is 0.0503. The third-order valence-electron chi connectivity index (χ3n) is 2.82. The van der Waals surface area contributed by atoms with Gasteiger partial charge in [0.05, 0.1) is 7.11 Å². The molecule has 0 amide bonds. The summed E-state index contributed by atoms with van der Waals surface area (Å²) in [5.41, 5.74) is 1.02. The van der Waals surface area contributed by atoms with Gasteiger partial charge in [-0.15, -0.1) is 12.4 Å². The Morgan fingerprint density at radius 1 is 1.31 bits per heavy atom. The van der Waals surface area contributed by atoms with Crippen LogP contribution in [0.2, 0.25) is 0 Å². The van der Waals surface area contributed by atoms with Crippen LogP contribution in [-0.4, -0.2) is 25.1 Å². The molecule has 4 heteroatoms. The Balaban J connectivity index is 0.00000128. The van der Waals surface area contributed by atoms with E-state index in [9.17, 15) is 4.39 Å². The second kappa shape index (κ2) is 6.06. The van der Waals surface area contributed by atoms with Gasteiger partial charge in [0.1, 0.15) is 0 Å². The lowest BCUT2D eigenvalue weighted by atomic mass is 10.2. The summed E-state index contributed by atoms with van der Waals surface area (Å²) in [4.78, 5) is 2.35. The molecule has 1 fully saturated rings. The van der Waals surface area contributed by atoms with Crippen LogP contribution in [0.15, 0.2) is 18.2 Å². The third kappa shape index (κ3) is 3.09. The lowest BCUT2D eigenvalue weighted by Gasteiger charge is -2.14. The zero-order valence-corrected chi connectivity index (χ0v) is 10.2. The molecular weight excluding hydrogens is 229 g/mol. The van der Waals surface area contributed by atoms with Gasteiger partial charge in [0.15, 0.2) is 11.6 Å². The van der Waals surface area contributed by atoms with Gasteiger partial charge in [0.2, 0.25) is 0 Å². The Hall–Kier alpha value is -0.800. The van der Waals surface area contributed by atoms with Crippen molar-refractivity contribution in [2.45, 2.75) is 19.4 Å². The summed E-state index contributed by atoms with van der Waals surface area (Å²) < 4.78 is 18.3. The Labute approximate surface area is 102 Å². The fraction of sp³-hybridized carbons (Fsp3) is 0.500. The minimum absolute atomic E-state index is 0. The molecule has 0 aromatic heterocycles. The summed E-state index contributed by atoms with van der Waals surface area (Å²) in [5, 5.41) is 0. The molecule has 0 radical (unpaired) electrons. The zero-order chi connectivity index (χ0) is 10.7. The highest BCUT2D eigenvalue weighted by Crippen LogP contribution is 2.19. The molecule has 0 saturated carbocycles. The number of benzene rings is 1. The molecule has 2 rings (SSSR count). The van der Waals surface area contributed by atoms with E-state index < -0.39 is 0 Å². The molecule has 1 heterocycles. The number of methoxy groups -OCH3 is 1. The summed E-state index contributed by atoms with van der Waals surface area (Å²) in [6, 6.07) is 5.19. The first kappa shape index (κ1) is 13.3. The molecule has 0 atom stereocenters. The standard InChI is InChI=1S/C12H16FNO.ClH/c1-15-12-5-4-10(8-11(12)13)9-14-6-2-3-7-14;/h4-5,8H,2-3,6-7,9H2,1H3;1H. The number of hydrogen-bond donors (Lipinski definition) is 0. The van der Waals surface area contributed by atoms with Crippen molar-refractivity contribution in [1.82, 2.24) is 4.90 Å². The van der Waals surface area contributed by atoms with Gasteiger partial charge in [0, 0.05) is 6.54 Å². The maximum Gasteiger partial charge on any atom is 0.165 e. The van der Waals surface area contributed by atoms with Crippen molar-refractivity contribution in [3.8, 4) is 5.75 Å². The van der Waals surface area contributed by atoms with Crippen LogP contribution in [0.1, 0.15) is 18.4 Å². The molecule has 1 aromatic rings. The minimum atomic E-state index is -0.269. The highest BCUT2D eigenvalue weighted by atomic mass is 35.5. The summed E-state index contributed by atoms with van der Waals surface area (Å²) >= 11 is 0. The van der Waals surface area contributed by atoms with Crippen LogP contribution < -0.4 is 4.74 Å². The van der Waals surface area contributed by atoms with Gasteiger partial charge in [-0.3, -0.25) is 4.90 Å². The third-order valence-corrected chi connectivity index (χ3v) is 2.82. The lowest BCUT2D eigenvalue weighted by molar-refractivity contribution is 0.329. The topological polar surface area (TPSA) is 12.5 Å². The molecule has 90 valence electrons. The second-order valence-corrected chi connectivity index (χ2v) is 3.95. The van der Waals surface area contributed by atoms with E-state index in [1.165, 1.54) is 20.0 Å². The van der Waals surface area contributed by atoms with Crippen molar-refractivity contribution < 1.29 is 9.13 Å². The van der Waals surface area contributed by atoms with Gasteiger partial charge >= 0.3 is 0 Å². The molecule has 0 spiro atoms. The van der Waals surface area contributed by atoms with Crippen molar-refractivity contribution in [1.29, 1.82) is 0 Å². The molecular formula is C12H17ClFNO. The van der Waals surface area contributed by atoms with E-state index in [2.05, 4.69) is 4.90 Å². The van der Waals surface area contributed by atoms with Crippen molar-refractivity contribution in [3.63, 3.8) is 0 Å². The fourth-order valence-corrected chi connectivity index (χ4v) is 2.01. The molecule has 16 heavy (non-hydrogen) atoms. The number of nitrogens with zero attached hydrogens (tertiary/aromatic N) is 1. The Bertz CT molecular complexity index is 340. The normalized spacial score (nSPS) is 15.9. The van der Waals surface area contributed by atoms with Crippen molar-refractivity contribution >= 4 is 12.4 Å². The number of hydrogen-bond acceptors (Lipinski definition) is 2. The average Bonchev–Trinajstić information content (AvgIpc) is 2.71. The molecule has 0 unspecified atom stereocenters. The van der Waals surface area contributed by atoms with Crippen LogP contribution in [0, 0.1) is 5.82 Å². The molecule has 0 bridgehead atoms. The molecule has 1 saturated heterocycles. The quantitative estimate of drug-likeness (QED) is 0.812. The van der Waals surface area contributed by atoms with Gasteiger partial charge in [-0.25, -0.2) is 4.39 Å².